The zero-order valence-electron chi connectivity index (χ0n) is 12.4. The lowest BCUT2D eigenvalue weighted by atomic mass is 10.2. The van der Waals surface area contributed by atoms with Gasteiger partial charge >= 0.3 is 0 Å². The Bertz CT molecular complexity index is 526. The largest absolute Gasteiger partial charge is 0.370 e. The number of aryl methyl sites for hydroxylation is 2. The number of hydrogen-bond donors (Lipinski definition) is 2. The lowest BCUT2D eigenvalue weighted by Crippen LogP contribution is -2.08. The van der Waals surface area contributed by atoms with E-state index in [1.165, 1.54) is 11.1 Å². The van der Waals surface area contributed by atoms with E-state index in [1.54, 1.807) is 11.3 Å². The third-order valence-corrected chi connectivity index (χ3v) is 3.94. The minimum atomic E-state index is 0.809. The highest BCUT2D eigenvalue weighted by molar-refractivity contribution is 7.08. The molecule has 0 saturated carbocycles. The molecule has 2 N–H and O–H groups in total. The highest BCUT2D eigenvalue weighted by atomic mass is 32.1. The lowest BCUT2D eigenvalue weighted by molar-refractivity contribution is 0.834. The van der Waals surface area contributed by atoms with Crippen molar-refractivity contribution in [3.63, 3.8) is 0 Å². The quantitative estimate of drug-likeness (QED) is 0.813. The first-order valence-electron chi connectivity index (χ1n) is 7.10. The van der Waals surface area contributed by atoms with E-state index in [2.05, 4.69) is 52.1 Å². The molecule has 0 aromatic carbocycles. The molecule has 4 nitrogen and oxygen atoms in total. The minimum absolute atomic E-state index is 0.809. The molecule has 0 unspecified atom stereocenters. The van der Waals surface area contributed by atoms with E-state index in [1.807, 2.05) is 6.07 Å². The second kappa shape index (κ2) is 7.24. The van der Waals surface area contributed by atoms with Crippen molar-refractivity contribution in [1.29, 1.82) is 0 Å². The van der Waals surface area contributed by atoms with Crippen LogP contribution in [0.15, 0.2) is 16.8 Å². The van der Waals surface area contributed by atoms with Crippen LogP contribution in [0, 0.1) is 6.92 Å². The van der Waals surface area contributed by atoms with Gasteiger partial charge in [0.15, 0.2) is 0 Å². The summed E-state index contributed by atoms with van der Waals surface area (Å²) in [6, 6.07) is 1.98. The monoisotopic (exact) mass is 290 g/mol. The van der Waals surface area contributed by atoms with Gasteiger partial charge in [-0.15, -0.1) is 0 Å². The van der Waals surface area contributed by atoms with Crippen LogP contribution in [0.5, 0.6) is 0 Å². The van der Waals surface area contributed by atoms with Crippen LogP contribution in [0.3, 0.4) is 0 Å². The summed E-state index contributed by atoms with van der Waals surface area (Å²) in [6.45, 7) is 8.03. The maximum Gasteiger partial charge on any atom is 0.133 e. The van der Waals surface area contributed by atoms with Crippen LogP contribution < -0.4 is 10.6 Å². The molecule has 2 heterocycles. The van der Waals surface area contributed by atoms with Gasteiger partial charge in [0, 0.05) is 25.6 Å². The summed E-state index contributed by atoms with van der Waals surface area (Å²) in [4.78, 5) is 9.09. The average molecular weight is 290 g/mol. The van der Waals surface area contributed by atoms with Gasteiger partial charge in [-0.05, 0) is 42.2 Å². The lowest BCUT2D eigenvalue weighted by Gasteiger charge is -2.10. The van der Waals surface area contributed by atoms with Gasteiger partial charge in [-0.2, -0.15) is 11.3 Å². The predicted molar refractivity (Wildman–Crippen MR) is 86.6 cm³/mol. The highest BCUT2D eigenvalue weighted by Gasteiger charge is 2.05. The molecule has 0 bridgehead atoms. The fourth-order valence-electron chi connectivity index (χ4n) is 1.95. The Morgan fingerprint density at radius 3 is 2.45 bits per heavy atom. The molecule has 0 aliphatic carbocycles. The van der Waals surface area contributed by atoms with Gasteiger partial charge in [0.05, 0.1) is 0 Å². The molecule has 0 aliphatic rings. The summed E-state index contributed by atoms with van der Waals surface area (Å²) < 4.78 is 0. The standard InChI is InChI=1S/C15H22N4S/c1-4-6-13-18-14(16-5-2)7-15(19-13)17-8-12-10-20-9-11(12)3/h7,9-10H,4-6,8H2,1-3H3,(H2,16,17,18,19). The molecule has 2 rings (SSSR count). The number of thiophene rings is 1. The highest BCUT2D eigenvalue weighted by Crippen LogP contribution is 2.17. The van der Waals surface area contributed by atoms with Gasteiger partial charge in [0.25, 0.3) is 0 Å². The minimum Gasteiger partial charge on any atom is -0.370 e. The summed E-state index contributed by atoms with van der Waals surface area (Å²) in [5.41, 5.74) is 2.66. The Hall–Kier alpha value is -1.62. The van der Waals surface area contributed by atoms with Crippen LogP contribution in [0.4, 0.5) is 11.6 Å². The summed E-state index contributed by atoms with van der Waals surface area (Å²) in [5, 5.41) is 11.0. The number of aromatic nitrogens is 2. The third-order valence-electron chi connectivity index (χ3n) is 3.03. The van der Waals surface area contributed by atoms with Crippen LogP contribution in [0.2, 0.25) is 0 Å². The Morgan fingerprint density at radius 1 is 1.10 bits per heavy atom. The van der Waals surface area contributed by atoms with Crippen molar-refractivity contribution in [3.8, 4) is 0 Å². The van der Waals surface area contributed by atoms with Crippen molar-refractivity contribution in [2.24, 2.45) is 0 Å². The Balaban J connectivity index is 2.11. The van der Waals surface area contributed by atoms with Crippen LogP contribution in [-0.2, 0) is 13.0 Å². The van der Waals surface area contributed by atoms with Gasteiger partial charge in [0.2, 0.25) is 0 Å². The van der Waals surface area contributed by atoms with Gasteiger partial charge in [-0.25, -0.2) is 9.97 Å². The van der Waals surface area contributed by atoms with Gasteiger partial charge in [0.1, 0.15) is 17.5 Å². The molecule has 2 aromatic heterocycles. The topological polar surface area (TPSA) is 49.8 Å². The Labute approximate surface area is 124 Å². The van der Waals surface area contributed by atoms with Crippen LogP contribution >= 0.6 is 11.3 Å². The SMILES string of the molecule is CCCc1nc(NCC)cc(NCc2cscc2C)n1. The zero-order valence-corrected chi connectivity index (χ0v) is 13.2. The molecule has 0 atom stereocenters. The number of hydrogen-bond acceptors (Lipinski definition) is 5. The van der Waals surface area contributed by atoms with Crippen LogP contribution in [0.1, 0.15) is 37.2 Å². The summed E-state index contributed by atoms with van der Waals surface area (Å²) in [6.07, 6.45) is 1.96. The van der Waals surface area contributed by atoms with Crippen molar-refractivity contribution < 1.29 is 0 Å². The number of nitrogens with one attached hydrogen (secondary N) is 2. The van der Waals surface area contributed by atoms with E-state index >= 15 is 0 Å². The maximum atomic E-state index is 4.58. The first-order valence-corrected chi connectivity index (χ1v) is 8.04. The molecular weight excluding hydrogens is 268 g/mol. The van der Waals surface area contributed by atoms with Gasteiger partial charge in [-0.3, -0.25) is 0 Å². The molecule has 20 heavy (non-hydrogen) atoms. The van der Waals surface area contributed by atoms with E-state index in [-0.39, 0.29) is 0 Å². The molecule has 0 aliphatic heterocycles. The van der Waals surface area contributed by atoms with E-state index in [0.29, 0.717) is 0 Å². The van der Waals surface area contributed by atoms with Crippen molar-refractivity contribution in [3.05, 3.63) is 33.8 Å². The molecule has 0 radical (unpaired) electrons. The first-order chi connectivity index (χ1) is 9.72. The Morgan fingerprint density at radius 2 is 1.85 bits per heavy atom. The average Bonchev–Trinajstić information content (AvgIpc) is 2.83. The number of nitrogens with zero attached hydrogens (tertiary/aromatic N) is 2. The summed E-state index contributed by atoms with van der Waals surface area (Å²) in [7, 11) is 0. The third kappa shape index (κ3) is 3.93. The van der Waals surface area contributed by atoms with Crippen molar-refractivity contribution >= 4 is 23.0 Å². The van der Waals surface area contributed by atoms with Gasteiger partial charge < -0.3 is 10.6 Å². The molecule has 0 fully saturated rings. The smallest absolute Gasteiger partial charge is 0.133 e. The fraction of sp³-hybridized carbons (Fsp3) is 0.467. The van der Waals surface area contributed by atoms with Gasteiger partial charge in [-0.1, -0.05) is 6.92 Å². The second-order valence-corrected chi connectivity index (χ2v) is 5.51. The van der Waals surface area contributed by atoms with Crippen molar-refractivity contribution in [2.75, 3.05) is 17.2 Å². The van der Waals surface area contributed by atoms with E-state index in [4.69, 9.17) is 0 Å². The second-order valence-electron chi connectivity index (χ2n) is 4.77. The van der Waals surface area contributed by atoms with Crippen molar-refractivity contribution in [2.45, 2.75) is 40.2 Å². The number of rotatable bonds is 7. The zero-order chi connectivity index (χ0) is 14.4. The summed E-state index contributed by atoms with van der Waals surface area (Å²) in [5.74, 6) is 2.69. The molecule has 108 valence electrons. The molecule has 5 heteroatoms. The maximum absolute atomic E-state index is 4.58. The summed E-state index contributed by atoms with van der Waals surface area (Å²) >= 11 is 1.74. The van der Waals surface area contributed by atoms with E-state index in [9.17, 15) is 0 Å². The normalized spacial score (nSPS) is 10.6. The molecule has 2 aromatic rings. The van der Waals surface area contributed by atoms with Crippen LogP contribution in [0.25, 0.3) is 0 Å². The predicted octanol–water partition coefficient (Wildman–Crippen LogP) is 3.84. The van der Waals surface area contributed by atoms with E-state index < -0.39 is 0 Å². The molecule has 0 spiro atoms. The van der Waals surface area contributed by atoms with Crippen molar-refractivity contribution in [1.82, 2.24) is 9.97 Å². The van der Waals surface area contributed by atoms with Crippen LogP contribution in [-0.4, -0.2) is 16.5 Å². The molecule has 0 amide bonds. The molecule has 0 saturated heterocycles. The van der Waals surface area contributed by atoms with E-state index in [0.717, 1.165) is 43.4 Å². The Kier molecular flexibility index (Phi) is 5.35. The first kappa shape index (κ1) is 14.8. The molecular formula is C15H22N4S. The fourth-order valence-corrected chi connectivity index (χ4v) is 2.81. The number of anilines is 2.